The van der Waals surface area contributed by atoms with Crippen LogP contribution in [0.5, 0.6) is 0 Å². The summed E-state index contributed by atoms with van der Waals surface area (Å²) in [5.41, 5.74) is 0. The first-order chi connectivity index (χ1) is 6.29. The minimum Gasteiger partial charge on any atom is -0.424 e. The first kappa shape index (κ1) is 10.7. The molecular weight excluding hydrogens is 171 g/mol. The molecule has 13 heavy (non-hydrogen) atoms. The Morgan fingerprint density at radius 1 is 1.46 bits per heavy atom. The highest BCUT2D eigenvalue weighted by molar-refractivity contribution is 6.47. The molecule has 0 aliphatic carbocycles. The predicted molar refractivity (Wildman–Crippen MR) is 48.9 cm³/mol. The van der Waals surface area contributed by atoms with E-state index in [1.807, 2.05) is 0 Å². The van der Waals surface area contributed by atoms with Gasteiger partial charge in [-0.05, 0) is 19.3 Å². The second-order valence-corrected chi connectivity index (χ2v) is 2.97. The smallest absolute Gasteiger partial charge is 0.424 e. The lowest BCUT2D eigenvalue weighted by Gasteiger charge is -2.21. The van der Waals surface area contributed by atoms with Gasteiger partial charge in [-0.3, -0.25) is 0 Å². The quantitative estimate of drug-likeness (QED) is 0.611. The molecule has 1 aliphatic heterocycles. The number of ether oxygens (including phenoxy) is 2. The fraction of sp³-hybridized carbons (Fsp3) is 0.750. The van der Waals surface area contributed by atoms with Gasteiger partial charge in [0.1, 0.15) is 0 Å². The Labute approximate surface area is 78.3 Å². The first-order valence-corrected chi connectivity index (χ1v) is 4.55. The summed E-state index contributed by atoms with van der Waals surface area (Å²) >= 11 is 0. The van der Waals surface area contributed by atoms with Crippen LogP contribution in [-0.4, -0.2) is 36.7 Å². The fourth-order valence-corrected chi connectivity index (χ4v) is 1.18. The summed E-state index contributed by atoms with van der Waals surface area (Å²) in [5.74, 6) is 1.27. The average Bonchev–Trinajstić information content (AvgIpc) is 2.14. The van der Waals surface area contributed by atoms with E-state index in [0.717, 1.165) is 25.9 Å². The van der Waals surface area contributed by atoms with Gasteiger partial charge in [-0.1, -0.05) is 12.1 Å². The van der Waals surface area contributed by atoms with E-state index in [2.05, 4.69) is 0 Å². The maximum Gasteiger partial charge on any atom is 0.480 e. The molecule has 1 rings (SSSR count). The fourth-order valence-electron chi connectivity index (χ4n) is 1.18. The molecule has 2 N–H and O–H groups in total. The predicted octanol–water partition coefficient (Wildman–Crippen LogP) is 0.0978. The highest BCUT2D eigenvalue weighted by Gasteiger charge is 2.12. The number of hydrogen-bond acceptors (Lipinski definition) is 4. The summed E-state index contributed by atoms with van der Waals surface area (Å²) in [6.07, 6.45) is 4.62. The number of rotatable bonds is 4. The largest absolute Gasteiger partial charge is 0.480 e. The molecule has 1 unspecified atom stereocenters. The highest BCUT2D eigenvalue weighted by Crippen LogP contribution is 2.13. The maximum atomic E-state index is 8.47. The molecule has 5 heteroatoms. The Balaban J connectivity index is 2.04. The van der Waals surface area contributed by atoms with Gasteiger partial charge in [-0.15, -0.1) is 0 Å². The molecule has 0 aromatic heterocycles. The Kier molecular flexibility index (Phi) is 5.08. The van der Waals surface area contributed by atoms with Gasteiger partial charge < -0.3 is 19.5 Å². The first-order valence-electron chi connectivity index (χ1n) is 4.55. The zero-order valence-corrected chi connectivity index (χ0v) is 7.56. The molecule has 74 valence electrons. The maximum absolute atomic E-state index is 8.47. The third-order valence-electron chi connectivity index (χ3n) is 1.82. The molecule has 4 nitrogen and oxygen atoms in total. The van der Waals surface area contributed by atoms with Crippen molar-refractivity contribution < 1.29 is 19.5 Å². The van der Waals surface area contributed by atoms with E-state index in [-0.39, 0.29) is 6.29 Å². The van der Waals surface area contributed by atoms with Gasteiger partial charge in [0, 0.05) is 6.61 Å². The lowest BCUT2D eigenvalue weighted by molar-refractivity contribution is -0.155. The normalized spacial score (nSPS) is 23.7. The van der Waals surface area contributed by atoms with Crippen molar-refractivity contribution in [2.75, 3.05) is 13.2 Å². The number of hydrogen-bond donors (Lipinski definition) is 2. The van der Waals surface area contributed by atoms with E-state index < -0.39 is 7.12 Å². The summed E-state index contributed by atoms with van der Waals surface area (Å²) in [5, 5.41) is 16.9. The Hall–Kier alpha value is -0.355. The second-order valence-electron chi connectivity index (χ2n) is 2.97. The summed E-state index contributed by atoms with van der Waals surface area (Å²) in [6.45, 7) is 1.12. The summed E-state index contributed by atoms with van der Waals surface area (Å²) < 4.78 is 10.6. The van der Waals surface area contributed by atoms with Crippen molar-refractivity contribution in [1.29, 1.82) is 0 Å². The molecule has 0 amide bonds. The Morgan fingerprint density at radius 2 is 2.31 bits per heavy atom. The third kappa shape index (κ3) is 5.05. The van der Waals surface area contributed by atoms with E-state index in [9.17, 15) is 0 Å². The zero-order chi connectivity index (χ0) is 9.52. The molecule has 0 aromatic rings. The van der Waals surface area contributed by atoms with Crippen LogP contribution >= 0.6 is 0 Å². The van der Waals surface area contributed by atoms with Crippen molar-refractivity contribution in [2.45, 2.75) is 25.6 Å². The van der Waals surface area contributed by atoms with Gasteiger partial charge in [0.05, 0.1) is 6.61 Å². The van der Waals surface area contributed by atoms with Gasteiger partial charge >= 0.3 is 7.12 Å². The zero-order valence-electron chi connectivity index (χ0n) is 7.56. The molecule has 0 spiro atoms. The van der Waals surface area contributed by atoms with Crippen LogP contribution in [-0.2, 0) is 9.47 Å². The molecule has 0 radical (unpaired) electrons. The molecule has 1 atom stereocenters. The molecule has 0 aromatic carbocycles. The van der Waals surface area contributed by atoms with Crippen molar-refractivity contribution in [1.82, 2.24) is 0 Å². The van der Waals surface area contributed by atoms with E-state index in [4.69, 9.17) is 19.5 Å². The summed E-state index contributed by atoms with van der Waals surface area (Å²) in [7, 11) is -1.39. The van der Waals surface area contributed by atoms with Crippen LogP contribution < -0.4 is 0 Å². The molecule has 0 saturated carbocycles. The van der Waals surface area contributed by atoms with Crippen LogP contribution in [0, 0.1) is 0 Å². The average molecular weight is 186 g/mol. The SMILES string of the molecule is OB(O)C=CCOC1CCCCO1. The topological polar surface area (TPSA) is 58.9 Å². The molecule has 1 saturated heterocycles. The lowest BCUT2D eigenvalue weighted by atomic mass is 9.92. The van der Waals surface area contributed by atoms with Gasteiger partial charge in [0.25, 0.3) is 0 Å². The summed E-state index contributed by atoms with van der Waals surface area (Å²) in [6, 6.07) is 0. The Morgan fingerprint density at radius 3 is 2.92 bits per heavy atom. The van der Waals surface area contributed by atoms with Crippen LogP contribution in [0.25, 0.3) is 0 Å². The van der Waals surface area contributed by atoms with Crippen LogP contribution in [0.15, 0.2) is 12.1 Å². The van der Waals surface area contributed by atoms with E-state index in [0.29, 0.717) is 6.61 Å². The van der Waals surface area contributed by atoms with Crippen LogP contribution in [0.2, 0.25) is 0 Å². The Bertz CT molecular complexity index is 154. The molecule has 1 fully saturated rings. The van der Waals surface area contributed by atoms with Crippen LogP contribution in [0.3, 0.4) is 0 Å². The van der Waals surface area contributed by atoms with Crippen molar-refractivity contribution in [3.05, 3.63) is 12.1 Å². The van der Waals surface area contributed by atoms with Gasteiger partial charge in [0.15, 0.2) is 6.29 Å². The lowest BCUT2D eigenvalue weighted by Crippen LogP contribution is -2.22. The molecule has 1 heterocycles. The van der Waals surface area contributed by atoms with Crippen LogP contribution in [0.4, 0.5) is 0 Å². The van der Waals surface area contributed by atoms with E-state index >= 15 is 0 Å². The van der Waals surface area contributed by atoms with Gasteiger partial charge in [-0.25, -0.2) is 0 Å². The van der Waals surface area contributed by atoms with Crippen LogP contribution in [0.1, 0.15) is 19.3 Å². The van der Waals surface area contributed by atoms with E-state index in [1.54, 1.807) is 6.08 Å². The van der Waals surface area contributed by atoms with Crippen molar-refractivity contribution >= 4 is 7.12 Å². The summed E-state index contributed by atoms with van der Waals surface area (Å²) in [4.78, 5) is 0. The monoisotopic (exact) mass is 186 g/mol. The molecular formula is C8H15BO4. The van der Waals surface area contributed by atoms with Gasteiger partial charge in [0.2, 0.25) is 0 Å². The van der Waals surface area contributed by atoms with Crippen molar-refractivity contribution in [2.24, 2.45) is 0 Å². The van der Waals surface area contributed by atoms with Gasteiger partial charge in [-0.2, -0.15) is 0 Å². The second kappa shape index (κ2) is 6.15. The van der Waals surface area contributed by atoms with Crippen molar-refractivity contribution in [3.8, 4) is 0 Å². The minimum absolute atomic E-state index is 0.116. The standard InChI is InChI=1S/C8H15BO4/c10-9(11)5-3-7-13-8-4-1-2-6-12-8/h3,5,8,10-11H,1-2,4,6-7H2. The third-order valence-corrected chi connectivity index (χ3v) is 1.82. The highest BCUT2D eigenvalue weighted by atomic mass is 16.7. The minimum atomic E-state index is -1.39. The van der Waals surface area contributed by atoms with Crippen molar-refractivity contribution in [3.63, 3.8) is 0 Å². The molecule has 1 aliphatic rings. The van der Waals surface area contributed by atoms with E-state index in [1.165, 1.54) is 5.98 Å². The molecule has 0 bridgehead atoms.